The molecule has 0 spiro atoms. The van der Waals surface area contributed by atoms with E-state index in [1.807, 2.05) is 31.4 Å². The van der Waals surface area contributed by atoms with Gasteiger partial charge < -0.3 is 10.1 Å². The molecule has 0 unspecified atom stereocenters. The Morgan fingerprint density at radius 2 is 2.04 bits per heavy atom. The van der Waals surface area contributed by atoms with Gasteiger partial charge in [0, 0.05) is 15.9 Å². The summed E-state index contributed by atoms with van der Waals surface area (Å²) in [6.07, 6.45) is 2.29. The van der Waals surface area contributed by atoms with Crippen molar-refractivity contribution < 1.29 is 9.53 Å². The van der Waals surface area contributed by atoms with Crippen molar-refractivity contribution in [2.45, 2.75) is 52.2 Å². The maximum absolute atomic E-state index is 12.1. The van der Waals surface area contributed by atoms with E-state index in [0.717, 1.165) is 29.3 Å². The van der Waals surface area contributed by atoms with Crippen molar-refractivity contribution >= 4 is 28.8 Å². The highest BCUT2D eigenvalue weighted by Gasteiger charge is 2.19. The average Bonchev–Trinajstić information content (AvgIpc) is 2.93. The topological polar surface area (TPSA) is 51.2 Å². The Kier molecular flexibility index (Phi) is 6.63. The van der Waals surface area contributed by atoms with Crippen LogP contribution in [0.1, 0.15) is 44.3 Å². The van der Waals surface area contributed by atoms with Gasteiger partial charge in [0.05, 0.1) is 12.1 Å². The van der Waals surface area contributed by atoms with Gasteiger partial charge in [-0.1, -0.05) is 24.9 Å². The molecule has 0 aliphatic heterocycles. The van der Waals surface area contributed by atoms with E-state index in [0.29, 0.717) is 18.1 Å². The lowest BCUT2D eigenvalue weighted by atomic mass is 9.99. The highest BCUT2D eigenvalue weighted by Crippen LogP contribution is 2.18. The molecule has 0 saturated carbocycles. The molecule has 0 radical (unpaired) electrons. The summed E-state index contributed by atoms with van der Waals surface area (Å²) in [6.45, 7) is 6.58. The molecule has 1 heterocycles. The van der Waals surface area contributed by atoms with E-state index in [1.54, 1.807) is 12.1 Å². The first-order valence-electron chi connectivity index (χ1n) is 8.00. The molecule has 130 valence electrons. The third kappa shape index (κ3) is 6.13. The summed E-state index contributed by atoms with van der Waals surface area (Å²) >= 11 is 7.34. The fourth-order valence-corrected chi connectivity index (χ4v) is 3.28. The number of hydrogen-bond acceptors (Lipinski definition) is 4. The van der Waals surface area contributed by atoms with E-state index in [4.69, 9.17) is 16.3 Å². The predicted octanol–water partition coefficient (Wildman–Crippen LogP) is 4.61. The Balaban J connectivity index is 1.84. The van der Waals surface area contributed by atoms with Crippen LogP contribution in [-0.2, 0) is 17.8 Å². The first-order valence-corrected chi connectivity index (χ1v) is 9.26. The van der Waals surface area contributed by atoms with Crippen LogP contribution in [-0.4, -0.2) is 16.4 Å². The molecule has 1 aromatic carbocycles. The Morgan fingerprint density at radius 3 is 2.71 bits per heavy atom. The number of hydrogen-bond donors (Lipinski definition) is 1. The van der Waals surface area contributed by atoms with Gasteiger partial charge in [-0.3, -0.25) is 4.79 Å². The highest BCUT2D eigenvalue weighted by atomic mass is 35.5. The van der Waals surface area contributed by atoms with Crippen molar-refractivity contribution in [2.24, 2.45) is 0 Å². The number of aromatic nitrogens is 1. The first-order chi connectivity index (χ1) is 11.4. The summed E-state index contributed by atoms with van der Waals surface area (Å²) in [5.74, 6) is 0.749. The Hall–Kier alpha value is -1.59. The number of ether oxygens (including phenoxy) is 1. The molecule has 0 bridgehead atoms. The maximum Gasteiger partial charge on any atom is 0.226 e. The summed E-state index contributed by atoms with van der Waals surface area (Å²) in [4.78, 5) is 16.6. The molecule has 24 heavy (non-hydrogen) atoms. The van der Waals surface area contributed by atoms with Gasteiger partial charge in [-0.15, -0.1) is 11.3 Å². The molecule has 0 atom stereocenters. The largest absolute Gasteiger partial charge is 0.486 e. The van der Waals surface area contributed by atoms with E-state index in [1.165, 1.54) is 11.3 Å². The fourth-order valence-electron chi connectivity index (χ4n) is 2.45. The molecule has 0 saturated heterocycles. The zero-order chi connectivity index (χ0) is 17.6. The van der Waals surface area contributed by atoms with Crippen molar-refractivity contribution in [2.75, 3.05) is 0 Å². The van der Waals surface area contributed by atoms with Crippen molar-refractivity contribution in [1.82, 2.24) is 10.3 Å². The molecule has 6 heteroatoms. The number of halogens is 1. The lowest BCUT2D eigenvalue weighted by Crippen LogP contribution is -2.44. The quantitative estimate of drug-likeness (QED) is 0.742. The predicted molar refractivity (Wildman–Crippen MR) is 98.7 cm³/mol. The number of benzene rings is 1. The second-order valence-corrected chi connectivity index (χ2v) is 7.71. The second kappa shape index (κ2) is 8.49. The van der Waals surface area contributed by atoms with Gasteiger partial charge in [-0.2, -0.15) is 0 Å². The number of carbonyl (C=O) groups is 1. The van der Waals surface area contributed by atoms with E-state index in [-0.39, 0.29) is 11.4 Å². The molecular formula is C18H23ClN2O2S. The molecule has 2 aromatic rings. The van der Waals surface area contributed by atoms with E-state index in [9.17, 15) is 4.79 Å². The minimum absolute atomic E-state index is 0.00363. The third-order valence-corrected chi connectivity index (χ3v) is 4.59. The van der Waals surface area contributed by atoms with Crippen LogP contribution in [0.2, 0.25) is 5.02 Å². The minimum atomic E-state index is -0.178. The van der Waals surface area contributed by atoms with Crippen molar-refractivity contribution in [1.29, 1.82) is 0 Å². The number of thiazole rings is 1. The summed E-state index contributed by atoms with van der Waals surface area (Å²) < 4.78 is 5.67. The molecule has 2 rings (SSSR count). The zero-order valence-corrected chi connectivity index (χ0v) is 15.8. The van der Waals surface area contributed by atoms with Gasteiger partial charge in [0.25, 0.3) is 0 Å². The molecule has 0 aliphatic carbocycles. The Labute approximate surface area is 152 Å². The number of amides is 1. The normalized spacial score (nSPS) is 11.3. The number of carbonyl (C=O) groups excluding carboxylic acids is 1. The average molecular weight is 367 g/mol. The molecule has 1 aromatic heterocycles. The van der Waals surface area contributed by atoms with E-state index in [2.05, 4.69) is 17.2 Å². The first kappa shape index (κ1) is 18.7. The van der Waals surface area contributed by atoms with Crippen molar-refractivity contribution in [3.8, 4) is 5.75 Å². The maximum atomic E-state index is 12.1. The summed E-state index contributed by atoms with van der Waals surface area (Å²) in [6, 6.07) is 7.21. The van der Waals surface area contributed by atoms with Crippen LogP contribution in [0.4, 0.5) is 0 Å². The number of rotatable bonds is 8. The van der Waals surface area contributed by atoms with Crippen LogP contribution in [0, 0.1) is 0 Å². The van der Waals surface area contributed by atoms with Gasteiger partial charge in [0.15, 0.2) is 0 Å². The Bertz CT molecular complexity index is 668. The zero-order valence-electron chi connectivity index (χ0n) is 14.3. The number of nitrogens with one attached hydrogen (secondary N) is 1. The van der Waals surface area contributed by atoms with Gasteiger partial charge >= 0.3 is 0 Å². The van der Waals surface area contributed by atoms with Gasteiger partial charge in [-0.05, 0) is 44.5 Å². The molecule has 1 amide bonds. The standard InChI is InChI=1S/C18H23ClN2O2S/c1-4-9-18(2,3)21-16(22)10-14-12-24-17(20-14)11-23-15-7-5-13(19)6-8-15/h5-8,12H,4,9-11H2,1-3H3,(H,21,22). The lowest BCUT2D eigenvalue weighted by Gasteiger charge is -2.25. The van der Waals surface area contributed by atoms with E-state index < -0.39 is 0 Å². The van der Waals surface area contributed by atoms with Crippen LogP contribution >= 0.6 is 22.9 Å². The van der Waals surface area contributed by atoms with Crippen LogP contribution in [0.3, 0.4) is 0 Å². The highest BCUT2D eigenvalue weighted by molar-refractivity contribution is 7.09. The number of nitrogens with zero attached hydrogens (tertiary/aromatic N) is 1. The molecule has 1 N–H and O–H groups in total. The Morgan fingerprint density at radius 1 is 1.33 bits per heavy atom. The van der Waals surface area contributed by atoms with Crippen LogP contribution < -0.4 is 10.1 Å². The minimum Gasteiger partial charge on any atom is -0.486 e. The smallest absolute Gasteiger partial charge is 0.226 e. The van der Waals surface area contributed by atoms with Crippen LogP contribution in [0.15, 0.2) is 29.6 Å². The summed E-state index contributed by atoms with van der Waals surface area (Å²) in [7, 11) is 0. The van der Waals surface area contributed by atoms with Crippen molar-refractivity contribution in [3.05, 3.63) is 45.4 Å². The third-order valence-electron chi connectivity index (χ3n) is 3.47. The molecule has 0 aliphatic rings. The summed E-state index contributed by atoms with van der Waals surface area (Å²) in [5.41, 5.74) is 0.599. The fraction of sp³-hybridized carbons (Fsp3) is 0.444. The molecular weight excluding hydrogens is 344 g/mol. The van der Waals surface area contributed by atoms with E-state index >= 15 is 0 Å². The molecule has 4 nitrogen and oxygen atoms in total. The van der Waals surface area contributed by atoms with Crippen LogP contribution in [0.25, 0.3) is 0 Å². The van der Waals surface area contributed by atoms with Gasteiger partial charge in [-0.25, -0.2) is 4.98 Å². The lowest BCUT2D eigenvalue weighted by molar-refractivity contribution is -0.122. The SMILES string of the molecule is CCCC(C)(C)NC(=O)Cc1csc(COc2ccc(Cl)cc2)n1. The van der Waals surface area contributed by atoms with Gasteiger partial charge in [0.1, 0.15) is 17.4 Å². The second-order valence-electron chi connectivity index (χ2n) is 6.33. The monoisotopic (exact) mass is 366 g/mol. The van der Waals surface area contributed by atoms with Crippen molar-refractivity contribution in [3.63, 3.8) is 0 Å². The van der Waals surface area contributed by atoms with Crippen LogP contribution in [0.5, 0.6) is 5.75 Å². The summed E-state index contributed by atoms with van der Waals surface area (Å²) in [5, 5.41) is 6.49. The van der Waals surface area contributed by atoms with Gasteiger partial charge in [0.2, 0.25) is 5.91 Å². The molecule has 0 fully saturated rings.